The number of carbonyl (C=O) groups excluding carboxylic acids is 2. The highest BCUT2D eigenvalue weighted by molar-refractivity contribution is 5.90. The molecule has 6 aliphatic rings. The summed E-state index contributed by atoms with van der Waals surface area (Å²) in [4.78, 5) is 32.9. The summed E-state index contributed by atoms with van der Waals surface area (Å²) in [5.41, 5.74) is 7.22. The Labute approximate surface area is 311 Å². The molecule has 2 saturated heterocycles. The molecule has 2 saturated carbocycles. The quantitative estimate of drug-likeness (QED) is 0.198. The van der Waals surface area contributed by atoms with E-state index in [0.29, 0.717) is 24.2 Å². The molecule has 9 rings (SSSR count). The third-order valence-electron chi connectivity index (χ3n) is 14.4. The molecule has 5 unspecified atom stereocenters. The van der Waals surface area contributed by atoms with Crippen molar-refractivity contribution in [2.24, 2.45) is 11.8 Å². The fraction of sp³-hybridized carbons (Fsp3) is 0.565. The van der Waals surface area contributed by atoms with Crippen LogP contribution in [0.5, 0.6) is 0 Å². The summed E-state index contributed by atoms with van der Waals surface area (Å²) in [5, 5.41) is 6.76. The van der Waals surface area contributed by atoms with Gasteiger partial charge in [0.25, 0.3) is 0 Å². The van der Waals surface area contributed by atoms with Crippen LogP contribution in [-0.4, -0.2) is 46.8 Å². The van der Waals surface area contributed by atoms with Crippen LogP contribution >= 0.6 is 0 Å². The molecule has 3 aromatic carbocycles. The lowest BCUT2D eigenvalue weighted by molar-refractivity contribution is -0.129. The molecule has 0 radical (unpaired) electrons. The van der Waals surface area contributed by atoms with E-state index in [4.69, 9.17) is 0 Å². The van der Waals surface area contributed by atoms with E-state index in [9.17, 15) is 9.59 Å². The second-order valence-electron chi connectivity index (χ2n) is 17.2. The van der Waals surface area contributed by atoms with E-state index in [2.05, 4.69) is 69.0 Å². The minimum Gasteiger partial charge on any atom is -0.353 e. The highest BCUT2D eigenvalue weighted by atomic mass is 16.2. The first-order chi connectivity index (χ1) is 25.6. The Hall–Kier alpha value is -3.48. The Bertz CT molecular complexity index is 1650. The fourth-order valence-corrected chi connectivity index (χ4v) is 11.6. The molecule has 2 aliphatic carbocycles. The van der Waals surface area contributed by atoms with E-state index in [1.807, 2.05) is 30.3 Å². The van der Waals surface area contributed by atoms with Crippen molar-refractivity contribution in [3.05, 3.63) is 107 Å². The third kappa shape index (κ3) is 6.86. The predicted molar refractivity (Wildman–Crippen MR) is 207 cm³/mol. The molecule has 4 heterocycles. The van der Waals surface area contributed by atoms with Crippen LogP contribution in [0, 0.1) is 11.8 Å². The number of rotatable bonds is 12. The normalized spacial score (nSPS) is 31.2. The Morgan fingerprint density at radius 1 is 0.519 bits per heavy atom. The summed E-state index contributed by atoms with van der Waals surface area (Å²) < 4.78 is 0. The molecular formula is C46H58N4O2. The molecule has 2 amide bonds. The van der Waals surface area contributed by atoms with Crippen LogP contribution in [0.2, 0.25) is 0 Å². The Balaban J connectivity index is 0.720. The highest BCUT2D eigenvalue weighted by Crippen LogP contribution is 2.54. The zero-order valence-electron chi connectivity index (χ0n) is 30.9. The van der Waals surface area contributed by atoms with Crippen molar-refractivity contribution in [1.82, 2.24) is 20.4 Å². The van der Waals surface area contributed by atoms with E-state index in [-0.39, 0.29) is 30.3 Å². The van der Waals surface area contributed by atoms with Gasteiger partial charge in [0, 0.05) is 42.7 Å². The number of hydrogen-bond donors (Lipinski definition) is 2. The van der Waals surface area contributed by atoms with Crippen LogP contribution < -0.4 is 10.6 Å². The minimum atomic E-state index is -0.456. The molecule has 0 aromatic heterocycles. The van der Waals surface area contributed by atoms with Gasteiger partial charge in [0.1, 0.15) is 0 Å². The van der Waals surface area contributed by atoms with Crippen molar-refractivity contribution in [2.45, 2.75) is 138 Å². The Morgan fingerprint density at radius 2 is 0.923 bits per heavy atom. The lowest BCUT2D eigenvalue weighted by atomic mass is 9.83. The number of nitrogens with zero attached hydrogens (tertiary/aromatic N) is 2. The predicted octanol–water partition coefficient (Wildman–Crippen LogP) is 9.07. The van der Waals surface area contributed by atoms with E-state index < -0.39 is 5.92 Å². The first kappa shape index (κ1) is 34.3. The third-order valence-corrected chi connectivity index (χ3v) is 14.4. The molecule has 4 bridgehead atoms. The largest absolute Gasteiger partial charge is 0.353 e. The molecular weight excluding hydrogens is 641 g/mol. The van der Waals surface area contributed by atoms with Crippen LogP contribution in [0.1, 0.15) is 154 Å². The van der Waals surface area contributed by atoms with Gasteiger partial charge in [0.05, 0.1) is 5.92 Å². The number of amides is 2. The average molecular weight is 699 g/mol. The molecule has 6 nitrogen and oxygen atoms in total. The average Bonchev–Trinajstić information content (AvgIpc) is 3.95. The van der Waals surface area contributed by atoms with Gasteiger partial charge in [0.15, 0.2) is 0 Å². The summed E-state index contributed by atoms with van der Waals surface area (Å²) in [6.45, 7) is 2.38. The molecule has 3 aromatic rings. The Morgan fingerprint density at radius 3 is 1.37 bits per heavy atom. The van der Waals surface area contributed by atoms with Gasteiger partial charge in [-0.05, 0) is 143 Å². The SMILES string of the molecule is O=C(CC(C(=O)NC1CCC(CCN2C3CCC2c2ccccc23)CC1)c1ccccc1)NC1CCC(CCN2C3CCC2c2ccccc23)CC1. The number of fused-ring (bicyclic) bond motifs is 10. The number of nitrogens with one attached hydrogen (secondary N) is 2. The summed E-state index contributed by atoms with van der Waals surface area (Å²) in [7, 11) is 0. The summed E-state index contributed by atoms with van der Waals surface area (Å²) >= 11 is 0. The van der Waals surface area contributed by atoms with Crippen LogP contribution in [0.3, 0.4) is 0 Å². The molecule has 0 spiro atoms. The second-order valence-corrected chi connectivity index (χ2v) is 17.2. The molecule has 4 fully saturated rings. The standard InChI is InChI=1S/C46H58N4O2/c51-45(47-34-18-14-31(15-19-34)26-28-49-41-22-23-42(49)37-11-5-4-10-36(37)41)30-40(33-8-2-1-3-9-33)46(52)48-35-20-16-32(17-21-35)27-29-50-43-24-25-44(50)39-13-7-6-12-38(39)43/h1-13,31-32,34-35,40-44H,14-30H2,(H,47,51)(H,48,52). The van der Waals surface area contributed by atoms with Gasteiger partial charge in [-0.1, -0.05) is 78.9 Å². The number of benzene rings is 3. The monoisotopic (exact) mass is 698 g/mol. The van der Waals surface area contributed by atoms with Gasteiger partial charge >= 0.3 is 0 Å². The van der Waals surface area contributed by atoms with Crippen molar-refractivity contribution in [3.8, 4) is 0 Å². The maximum atomic E-state index is 13.9. The highest BCUT2D eigenvalue weighted by Gasteiger charge is 2.44. The lowest BCUT2D eigenvalue weighted by Crippen LogP contribution is -2.43. The van der Waals surface area contributed by atoms with Gasteiger partial charge in [-0.25, -0.2) is 0 Å². The van der Waals surface area contributed by atoms with Crippen molar-refractivity contribution in [2.75, 3.05) is 13.1 Å². The molecule has 4 aliphatic heterocycles. The smallest absolute Gasteiger partial charge is 0.228 e. The van der Waals surface area contributed by atoms with Crippen molar-refractivity contribution in [1.29, 1.82) is 0 Å². The van der Waals surface area contributed by atoms with Crippen molar-refractivity contribution in [3.63, 3.8) is 0 Å². The van der Waals surface area contributed by atoms with Crippen LogP contribution in [0.4, 0.5) is 0 Å². The number of hydrogen-bond acceptors (Lipinski definition) is 4. The summed E-state index contributed by atoms with van der Waals surface area (Å²) in [6, 6.07) is 31.1. The zero-order chi connectivity index (χ0) is 35.0. The first-order valence-electron chi connectivity index (χ1n) is 20.9. The summed E-state index contributed by atoms with van der Waals surface area (Å²) in [6.07, 6.45) is 16.8. The van der Waals surface area contributed by atoms with E-state index in [0.717, 1.165) is 43.1 Å². The van der Waals surface area contributed by atoms with Crippen LogP contribution in [-0.2, 0) is 9.59 Å². The molecule has 6 heteroatoms. The van der Waals surface area contributed by atoms with E-state index in [1.165, 1.54) is 77.3 Å². The van der Waals surface area contributed by atoms with Gasteiger partial charge in [0.2, 0.25) is 11.8 Å². The lowest BCUT2D eigenvalue weighted by Gasteiger charge is -2.32. The maximum Gasteiger partial charge on any atom is 0.228 e. The maximum absolute atomic E-state index is 13.9. The van der Waals surface area contributed by atoms with Gasteiger partial charge in [-0.15, -0.1) is 0 Å². The van der Waals surface area contributed by atoms with Crippen LogP contribution in [0.25, 0.3) is 0 Å². The van der Waals surface area contributed by atoms with Gasteiger partial charge < -0.3 is 10.6 Å². The van der Waals surface area contributed by atoms with Gasteiger partial charge in [-0.3, -0.25) is 19.4 Å². The van der Waals surface area contributed by atoms with E-state index >= 15 is 0 Å². The molecule has 5 atom stereocenters. The fourth-order valence-electron chi connectivity index (χ4n) is 11.6. The molecule has 274 valence electrons. The number of carbonyl (C=O) groups is 2. The zero-order valence-corrected chi connectivity index (χ0v) is 30.9. The second kappa shape index (κ2) is 15.1. The van der Waals surface area contributed by atoms with Crippen LogP contribution in [0.15, 0.2) is 78.9 Å². The Kier molecular flexibility index (Phi) is 9.96. The molecule has 52 heavy (non-hydrogen) atoms. The minimum absolute atomic E-state index is 0.0120. The first-order valence-corrected chi connectivity index (χ1v) is 20.9. The topological polar surface area (TPSA) is 64.7 Å². The van der Waals surface area contributed by atoms with Crippen molar-refractivity contribution >= 4 is 11.8 Å². The summed E-state index contributed by atoms with van der Waals surface area (Å²) in [5.74, 6) is 1.04. The van der Waals surface area contributed by atoms with E-state index in [1.54, 1.807) is 22.3 Å². The van der Waals surface area contributed by atoms with Crippen molar-refractivity contribution < 1.29 is 9.59 Å². The van der Waals surface area contributed by atoms with Gasteiger partial charge in [-0.2, -0.15) is 0 Å². The molecule has 2 N–H and O–H groups in total.